The van der Waals surface area contributed by atoms with Crippen molar-refractivity contribution < 1.29 is 47.0 Å². The normalized spacial score (nSPS) is 16.5. The summed E-state index contributed by atoms with van der Waals surface area (Å²) in [6.45, 7) is 2.08. The van der Waals surface area contributed by atoms with E-state index in [0.717, 1.165) is 18.2 Å². The number of unbranched alkanes of at least 4 members (excludes halogenated alkanes) is 1. The van der Waals surface area contributed by atoms with Gasteiger partial charge in [0.05, 0.1) is 5.56 Å². The van der Waals surface area contributed by atoms with Gasteiger partial charge in [-0.3, -0.25) is 13.9 Å². The first kappa shape index (κ1) is 37.3. The molecule has 0 aromatic heterocycles. The molecule has 49 heavy (non-hydrogen) atoms. The minimum Gasteiger partial charge on any atom is -0.459 e. The fraction of sp³-hybridized carbons (Fsp3) is 0.389. The summed E-state index contributed by atoms with van der Waals surface area (Å²) in [7, 11) is -3.07. The summed E-state index contributed by atoms with van der Waals surface area (Å²) in [5, 5.41) is 2.68. The molecule has 0 bridgehead atoms. The second-order valence-electron chi connectivity index (χ2n) is 11.5. The SMILES string of the molecule is COP(=O)(O[C@@H](CCCCNC(=O)OCc1ccccc1)C(=O)N1CCC[C@H]1C(=O)OCc1ccccc1)C(C)OC(=O)c1ccccc1. The predicted octanol–water partition coefficient (Wildman–Crippen LogP) is 6.25. The summed E-state index contributed by atoms with van der Waals surface area (Å²) in [5.41, 5.74) is 1.91. The van der Waals surface area contributed by atoms with Crippen LogP contribution < -0.4 is 5.32 Å². The van der Waals surface area contributed by atoms with Crippen LogP contribution in [0, 0.1) is 0 Å². The summed E-state index contributed by atoms with van der Waals surface area (Å²) in [4.78, 5) is 53.4. The molecule has 1 saturated heterocycles. The van der Waals surface area contributed by atoms with Gasteiger partial charge in [-0.15, -0.1) is 0 Å². The molecule has 0 radical (unpaired) electrons. The number of alkyl carbamates (subject to hydrolysis) is 1. The average Bonchev–Trinajstić information content (AvgIpc) is 3.63. The zero-order valence-corrected chi connectivity index (χ0v) is 28.6. The Kier molecular flexibility index (Phi) is 14.4. The van der Waals surface area contributed by atoms with E-state index in [1.807, 2.05) is 60.7 Å². The van der Waals surface area contributed by atoms with E-state index < -0.39 is 49.5 Å². The summed E-state index contributed by atoms with van der Waals surface area (Å²) in [6, 6.07) is 25.8. The second-order valence-corrected chi connectivity index (χ2v) is 13.8. The van der Waals surface area contributed by atoms with E-state index in [0.29, 0.717) is 25.7 Å². The lowest BCUT2D eigenvalue weighted by atomic mass is 10.1. The first-order chi connectivity index (χ1) is 23.7. The van der Waals surface area contributed by atoms with Gasteiger partial charge in [0, 0.05) is 20.2 Å². The number of carbonyl (C=O) groups is 4. The Balaban J connectivity index is 1.40. The molecule has 262 valence electrons. The van der Waals surface area contributed by atoms with Crippen LogP contribution >= 0.6 is 7.60 Å². The number of benzene rings is 3. The van der Waals surface area contributed by atoms with Gasteiger partial charge < -0.3 is 29.0 Å². The van der Waals surface area contributed by atoms with Crippen LogP contribution in [0.25, 0.3) is 0 Å². The Bertz CT molecular complexity index is 1560. The van der Waals surface area contributed by atoms with Crippen LogP contribution in [0.1, 0.15) is 60.5 Å². The third-order valence-electron chi connectivity index (χ3n) is 7.94. The van der Waals surface area contributed by atoms with Crippen molar-refractivity contribution in [1.82, 2.24) is 10.2 Å². The monoisotopic (exact) mass is 694 g/mol. The lowest BCUT2D eigenvalue weighted by molar-refractivity contribution is -0.156. The van der Waals surface area contributed by atoms with Crippen molar-refractivity contribution in [1.29, 1.82) is 0 Å². The number of likely N-dealkylation sites (tertiary alicyclic amines) is 1. The number of ether oxygens (including phenoxy) is 3. The number of nitrogens with zero attached hydrogens (tertiary/aromatic N) is 1. The molecule has 2 unspecified atom stereocenters. The molecule has 0 aliphatic carbocycles. The maximum Gasteiger partial charge on any atom is 0.407 e. The summed E-state index contributed by atoms with van der Waals surface area (Å²) in [5.74, 6) is -3.20. The quantitative estimate of drug-likeness (QED) is 0.0745. The second kappa shape index (κ2) is 18.9. The molecular weight excluding hydrogens is 651 g/mol. The van der Waals surface area contributed by atoms with Crippen LogP contribution in [-0.4, -0.2) is 67.0 Å². The van der Waals surface area contributed by atoms with Crippen molar-refractivity contribution in [2.45, 2.75) is 70.2 Å². The number of nitrogens with one attached hydrogen (secondary N) is 1. The molecule has 0 spiro atoms. The summed E-state index contributed by atoms with van der Waals surface area (Å²) < 4.78 is 41.4. The molecule has 3 aromatic carbocycles. The van der Waals surface area contributed by atoms with Crippen LogP contribution in [0.15, 0.2) is 91.0 Å². The summed E-state index contributed by atoms with van der Waals surface area (Å²) in [6.07, 6.45) is -0.0510. The van der Waals surface area contributed by atoms with E-state index in [1.165, 1.54) is 11.8 Å². The standard InChI is InChI=1S/C36H43N2O10P/c1-27(47-34(40)30-19-10-5-11-20-30)49(43,44-2)48-32(22-12-13-23-37-36(42)46-26-29-17-8-4-9-18-29)33(39)38-24-14-21-31(38)35(41)45-25-28-15-6-3-7-16-28/h3-11,15-20,27,31-32H,12-14,21-26H2,1-2H3,(H,37,42)/t27?,31-,32-,49?/m0/s1. The zero-order chi connectivity index (χ0) is 35.1. The van der Waals surface area contributed by atoms with Gasteiger partial charge in [0.15, 0.2) is 5.85 Å². The fourth-order valence-electron chi connectivity index (χ4n) is 5.24. The lowest BCUT2D eigenvalue weighted by Gasteiger charge is -2.31. The molecule has 1 aliphatic rings. The topological polar surface area (TPSA) is 147 Å². The van der Waals surface area contributed by atoms with E-state index in [2.05, 4.69) is 5.32 Å². The van der Waals surface area contributed by atoms with Crippen LogP contribution in [0.3, 0.4) is 0 Å². The fourth-order valence-corrected chi connectivity index (χ4v) is 6.57. The summed E-state index contributed by atoms with van der Waals surface area (Å²) >= 11 is 0. The molecule has 13 heteroatoms. The highest BCUT2D eigenvalue weighted by molar-refractivity contribution is 7.54. The first-order valence-corrected chi connectivity index (χ1v) is 17.9. The Morgan fingerprint density at radius 2 is 1.45 bits per heavy atom. The van der Waals surface area contributed by atoms with E-state index in [4.69, 9.17) is 23.3 Å². The largest absolute Gasteiger partial charge is 0.459 e. The average molecular weight is 695 g/mol. The van der Waals surface area contributed by atoms with Crippen LogP contribution in [0.5, 0.6) is 0 Å². The van der Waals surface area contributed by atoms with Gasteiger partial charge >= 0.3 is 25.6 Å². The molecule has 4 atom stereocenters. The Morgan fingerprint density at radius 3 is 2.06 bits per heavy atom. The van der Waals surface area contributed by atoms with Crippen LogP contribution in [0.4, 0.5) is 4.79 Å². The van der Waals surface area contributed by atoms with Crippen molar-refractivity contribution in [2.24, 2.45) is 0 Å². The maximum absolute atomic E-state index is 14.0. The van der Waals surface area contributed by atoms with Crippen LogP contribution in [-0.2, 0) is 50.6 Å². The molecule has 0 saturated carbocycles. The zero-order valence-electron chi connectivity index (χ0n) is 27.7. The minimum atomic E-state index is -4.22. The van der Waals surface area contributed by atoms with E-state index >= 15 is 0 Å². The number of esters is 2. The van der Waals surface area contributed by atoms with Gasteiger partial charge in [-0.2, -0.15) is 0 Å². The highest BCUT2D eigenvalue weighted by Gasteiger charge is 2.44. The van der Waals surface area contributed by atoms with Crippen molar-refractivity contribution in [3.05, 3.63) is 108 Å². The van der Waals surface area contributed by atoms with Gasteiger partial charge in [-0.25, -0.2) is 14.4 Å². The Morgan fingerprint density at radius 1 is 0.857 bits per heavy atom. The first-order valence-electron chi connectivity index (χ1n) is 16.3. The van der Waals surface area contributed by atoms with Crippen molar-refractivity contribution >= 4 is 31.5 Å². The van der Waals surface area contributed by atoms with Crippen molar-refractivity contribution in [3.63, 3.8) is 0 Å². The van der Waals surface area contributed by atoms with E-state index in [-0.39, 0.29) is 38.3 Å². The highest BCUT2D eigenvalue weighted by atomic mass is 31.2. The minimum absolute atomic E-state index is 0.0576. The molecule has 1 fully saturated rings. The third-order valence-corrected chi connectivity index (χ3v) is 10.00. The van der Waals surface area contributed by atoms with Gasteiger partial charge in [-0.05, 0) is 62.3 Å². The van der Waals surface area contributed by atoms with Crippen molar-refractivity contribution in [2.75, 3.05) is 20.2 Å². The predicted molar refractivity (Wildman–Crippen MR) is 180 cm³/mol. The Hall–Kier alpha value is -4.51. The molecule has 1 aliphatic heterocycles. The highest BCUT2D eigenvalue weighted by Crippen LogP contribution is 2.54. The molecule has 3 aromatic rings. The smallest absolute Gasteiger partial charge is 0.407 e. The molecule has 2 amide bonds. The van der Waals surface area contributed by atoms with Crippen molar-refractivity contribution in [3.8, 4) is 0 Å². The molecule has 1 heterocycles. The number of hydrogen-bond donors (Lipinski definition) is 1. The van der Waals surface area contributed by atoms with E-state index in [1.54, 1.807) is 30.3 Å². The number of rotatable bonds is 17. The van der Waals surface area contributed by atoms with Gasteiger partial charge in [0.2, 0.25) is 0 Å². The number of hydrogen-bond acceptors (Lipinski definition) is 10. The molecular formula is C36H43N2O10P. The van der Waals surface area contributed by atoms with Gasteiger partial charge in [0.25, 0.3) is 5.91 Å². The molecule has 12 nitrogen and oxygen atoms in total. The van der Waals surface area contributed by atoms with E-state index in [9.17, 15) is 23.7 Å². The van der Waals surface area contributed by atoms with Crippen LogP contribution in [0.2, 0.25) is 0 Å². The Labute approximate surface area is 286 Å². The molecule has 1 N–H and O–H groups in total. The number of amides is 2. The number of carbonyl (C=O) groups excluding carboxylic acids is 4. The van der Waals surface area contributed by atoms with Gasteiger partial charge in [0.1, 0.15) is 25.4 Å². The lowest BCUT2D eigenvalue weighted by Crippen LogP contribution is -2.47. The van der Waals surface area contributed by atoms with Gasteiger partial charge in [-0.1, -0.05) is 78.9 Å². The maximum atomic E-state index is 14.0. The molecule has 4 rings (SSSR count). The third kappa shape index (κ3) is 11.3.